The molecule has 1 aromatic carbocycles. The predicted molar refractivity (Wildman–Crippen MR) is 86.5 cm³/mol. The highest BCUT2D eigenvalue weighted by atomic mass is 16.5. The van der Waals surface area contributed by atoms with Gasteiger partial charge in [0.15, 0.2) is 0 Å². The number of nitrogens with zero attached hydrogens (tertiary/aromatic N) is 1. The zero-order valence-electron chi connectivity index (χ0n) is 13.1. The first kappa shape index (κ1) is 15.5. The molecule has 21 heavy (non-hydrogen) atoms. The smallest absolute Gasteiger partial charge is 0.138 e. The molecule has 1 N–H and O–H groups in total. The molecule has 0 aliphatic carbocycles. The first-order chi connectivity index (χ1) is 10.0. The maximum atomic E-state index is 5.80. The van der Waals surface area contributed by atoms with Crippen LogP contribution in [0.1, 0.15) is 31.9 Å². The van der Waals surface area contributed by atoms with Gasteiger partial charge < -0.3 is 10.1 Å². The van der Waals surface area contributed by atoms with E-state index < -0.39 is 0 Å². The monoisotopic (exact) mass is 284 g/mol. The third-order valence-electron chi connectivity index (χ3n) is 3.20. The van der Waals surface area contributed by atoms with E-state index in [0.29, 0.717) is 6.61 Å². The van der Waals surface area contributed by atoms with Crippen LogP contribution in [-0.4, -0.2) is 17.1 Å². The molecule has 1 aromatic heterocycles. The maximum Gasteiger partial charge on any atom is 0.138 e. The summed E-state index contributed by atoms with van der Waals surface area (Å²) in [6, 6.07) is 12.3. The van der Waals surface area contributed by atoms with Crippen molar-refractivity contribution in [2.24, 2.45) is 0 Å². The topological polar surface area (TPSA) is 34.1 Å². The van der Waals surface area contributed by atoms with Crippen LogP contribution in [0.4, 0.5) is 0 Å². The Morgan fingerprint density at radius 1 is 1.05 bits per heavy atom. The molecular formula is C18H24N2O. The van der Waals surface area contributed by atoms with Gasteiger partial charge in [-0.25, -0.2) is 0 Å². The molecule has 2 aromatic rings. The van der Waals surface area contributed by atoms with Crippen molar-refractivity contribution in [1.82, 2.24) is 10.3 Å². The molecule has 0 radical (unpaired) electrons. The van der Waals surface area contributed by atoms with Crippen LogP contribution in [0.2, 0.25) is 0 Å². The molecular weight excluding hydrogens is 260 g/mol. The zero-order chi connectivity index (χ0) is 15.1. The van der Waals surface area contributed by atoms with E-state index in [1.165, 1.54) is 11.1 Å². The van der Waals surface area contributed by atoms with E-state index in [2.05, 4.69) is 55.3 Å². The SMILES string of the molecule is CC(C)(C)NCCc1ccccc1COc1cccnc1. The van der Waals surface area contributed by atoms with Crippen LogP contribution in [0, 0.1) is 0 Å². The quantitative estimate of drug-likeness (QED) is 0.880. The van der Waals surface area contributed by atoms with E-state index in [0.717, 1.165) is 18.7 Å². The fraction of sp³-hybridized carbons (Fsp3) is 0.389. The van der Waals surface area contributed by atoms with Crippen molar-refractivity contribution in [2.75, 3.05) is 6.54 Å². The average molecular weight is 284 g/mol. The number of hydrogen-bond donors (Lipinski definition) is 1. The summed E-state index contributed by atoms with van der Waals surface area (Å²) >= 11 is 0. The molecule has 0 aliphatic heterocycles. The summed E-state index contributed by atoms with van der Waals surface area (Å²) in [6.07, 6.45) is 4.49. The minimum absolute atomic E-state index is 0.154. The van der Waals surface area contributed by atoms with Gasteiger partial charge in [0.2, 0.25) is 0 Å². The van der Waals surface area contributed by atoms with Crippen LogP contribution in [0.15, 0.2) is 48.8 Å². The molecule has 3 heteroatoms. The standard InChI is InChI=1S/C18H24N2O/c1-18(2,3)20-12-10-15-7-4-5-8-16(15)14-21-17-9-6-11-19-13-17/h4-9,11,13,20H,10,12,14H2,1-3H3. The van der Waals surface area contributed by atoms with Crippen LogP contribution in [-0.2, 0) is 13.0 Å². The first-order valence-electron chi connectivity index (χ1n) is 7.39. The Hall–Kier alpha value is -1.87. The Balaban J connectivity index is 1.93. The Kier molecular flexibility index (Phi) is 5.34. The van der Waals surface area contributed by atoms with Gasteiger partial charge in [0, 0.05) is 11.7 Å². The second-order valence-corrected chi connectivity index (χ2v) is 6.17. The van der Waals surface area contributed by atoms with Gasteiger partial charge in [0.1, 0.15) is 12.4 Å². The van der Waals surface area contributed by atoms with Crippen LogP contribution in [0.5, 0.6) is 5.75 Å². The zero-order valence-corrected chi connectivity index (χ0v) is 13.1. The van der Waals surface area contributed by atoms with Gasteiger partial charge in [-0.15, -0.1) is 0 Å². The van der Waals surface area contributed by atoms with E-state index in [-0.39, 0.29) is 5.54 Å². The summed E-state index contributed by atoms with van der Waals surface area (Å²) in [6.45, 7) is 8.10. The third kappa shape index (κ3) is 5.56. The molecule has 0 atom stereocenters. The molecule has 0 bridgehead atoms. The van der Waals surface area contributed by atoms with Crippen molar-refractivity contribution in [1.29, 1.82) is 0 Å². The third-order valence-corrected chi connectivity index (χ3v) is 3.20. The lowest BCUT2D eigenvalue weighted by Crippen LogP contribution is -2.37. The molecule has 0 fully saturated rings. The highest BCUT2D eigenvalue weighted by Gasteiger charge is 2.09. The maximum absolute atomic E-state index is 5.80. The van der Waals surface area contributed by atoms with E-state index in [9.17, 15) is 0 Å². The normalized spacial score (nSPS) is 11.4. The Morgan fingerprint density at radius 3 is 2.48 bits per heavy atom. The van der Waals surface area contributed by atoms with E-state index in [1.807, 2.05) is 12.1 Å². The van der Waals surface area contributed by atoms with E-state index in [4.69, 9.17) is 4.74 Å². The fourth-order valence-electron chi connectivity index (χ4n) is 2.11. The van der Waals surface area contributed by atoms with Crippen LogP contribution in [0.3, 0.4) is 0 Å². The van der Waals surface area contributed by atoms with Crippen molar-refractivity contribution in [3.05, 3.63) is 59.9 Å². The summed E-state index contributed by atoms with van der Waals surface area (Å²) in [5, 5.41) is 3.52. The Labute approximate surface area is 127 Å². The van der Waals surface area contributed by atoms with Crippen LogP contribution in [0.25, 0.3) is 0 Å². The number of pyridine rings is 1. The lowest BCUT2D eigenvalue weighted by molar-refractivity contribution is 0.303. The number of benzene rings is 1. The van der Waals surface area contributed by atoms with Crippen LogP contribution >= 0.6 is 0 Å². The molecule has 2 rings (SSSR count). The number of rotatable bonds is 6. The summed E-state index contributed by atoms with van der Waals surface area (Å²) in [4.78, 5) is 4.06. The predicted octanol–water partition coefficient (Wildman–Crippen LogP) is 3.59. The highest BCUT2D eigenvalue weighted by molar-refractivity contribution is 5.28. The molecule has 0 aliphatic rings. The minimum atomic E-state index is 0.154. The molecule has 112 valence electrons. The Morgan fingerprint density at radius 2 is 1.81 bits per heavy atom. The summed E-state index contributed by atoms with van der Waals surface area (Å²) < 4.78 is 5.80. The van der Waals surface area contributed by atoms with Crippen molar-refractivity contribution in [2.45, 2.75) is 39.3 Å². The molecule has 0 saturated heterocycles. The fourth-order valence-corrected chi connectivity index (χ4v) is 2.11. The van der Waals surface area contributed by atoms with E-state index in [1.54, 1.807) is 12.4 Å². The molecule has 0 saturated carbocycles. The molecule has 0 spiro atoms. The van der Waals surface area contributed by atoms with Gasteiger partial charge in [-0.1, -0.05) is 24.3 Å². The Bertz CT molecular complexity index is 547. The van der Waals surface area contributed by atoms with Crippen LogP contribution < -0.4 is 10.1 Å². The molecule has 1 heterocycles. The van der Waals surface area contributed by atoms with Gasteiger partial charge in [0.05, 0.1) is 6.20 Å². The second-order valence-electron chi connectivity index (χ2n) is 6.17. The minimum Gasteiger partial charge on any atom is -0.487 e. The first-order valence-corrected chi connectivity index (χ1v) is 7.39. The van der Waals surface area contributed by atoms with Gasteiger partial charge >= 0.3 is 0 Å². The number of hydrogen-bond acceptors (Lipinski definition) is 3. The van der Waals surface area contributed by atoms with Gasteiger partial charge in [-0.05, 0) is 57.0 Å². The number of aromatic nitrogens is 1. The van der Waals surface area contributed by atoms with Crippen molar-refractivity contribution >= 4 is 0 Å². The number of ether oxygens (including phenoxy) is 1. The lowest BCUT2D eigenvalue weighted by Gasteiger charge is -2.21. The van der Waals surface area contributed by atoms with Gasteiger partial charge in [-0.2, -0.15) is 0 Å². The van der Waals surface area contributed by atoms with Crippen molar-refractivity contribution in [3.8, 4) is 5.75 Å². The average Bonchev–Trinajstić information content (AvgIpc) is 2.46. The highest BCUT2D eigenvalue weighted by Crippen LogP contribution is 2.14. The lowest BCUT2D eigenvalue weighted by atomic mass is 10.0. The van der Waals surface area contributed by atoms with Gasteiger partial charge in [0.25, 0.3) is 0 Å². The van der Waals surface area contributed by atoms with Crippen molar-refractivity contribution in [3.63, 3.8) is 0 Å². The molecule has 0 unspecified atom stereocenters. The second kappa shape index (κ2) is 7.23. The summed E-state index contributed by atoms with van der Waals surface area (Å²) in [5.41, 5.74) is 2.72. The molecule has 3 nitrogen and oxygen atoms in total. The van der Waals surface area contributed by atoms with Gasteiger partial charge in [-0.3, -0.25) is 4.98 Å². The summed E-state index contributed by atoms with van der Waals surface area (Å²) in [5.74, 6) is 0.806. The summed E-state index contributed by atoms with van der Waals surface area (Å²) in [7, 11) is 0. The molecule has 0 amide bonds. The largest absolute Gasteiger partial charge is 0.487 e. The van der Waals surface area contributed by atoms with E-state index >= 15 is 0 Å². The number of nitrogens with one attached hydrogen (secondary N) is 1. The van der Waals surface area contributed by atoms with Crippen molar-refractivity contribution < 1.29 is 4.74 Å².